The summed E-state index contributed by atoms with van der Waals surface area (Å²) in [6.45, 7) is 2.93. The maximum absolute atomic E-state index is 13.9. The van der Waals surface area contributed by atoms with Crippen LogP contribution in [0.15, 0.2) is 24.3 Å². The van der Waals surface area contributed by atoms with Gasteiger partial charge in [0.05, 0.1) is 5.41 Å². The van der Waals surface area contributed by atoms with Gasteiger partial charge >= 0.3 is 5.97 Å². The Bertz CT molecular complexity index is 969. The van der Waals surface area contributed by atoms with Gasteiger partial charge in [0.25, 0.3) is 5.91 Å². The summed E-state index contributed by atoms with van der Waals surface area (Å²) in [5.41, 5.74) is 1.82. The summed E-state index contributed by atoms with van der Waals surface area (Å²) in [6.07, 6.45) is 9.31. The van der Waals surface area contributed by atoms with Crippen LogP contribution >= 0.6 is 0 Å². The molecule has 5 fully saturated rings. The highest BCUT2D eigenvalue weighted by Crippen LogP contribution is 2.60. The topological polar surface area (TPSA) is 66.9 Å². The highest BCUT2D eigenvalue weighted by molar-refractivity contribution is 5.99. The number of hydrogen-bond acceptors (Lipinski definition) is 4. The Balaban J connectivity index is 1.14. The van der Waals surface area contributed by atoms with Crippen LogP contribution in [-0.2, 0) is 25.5 Å². The largest absolute Gasteiger partial charge is 0.451 e. The molecule has 34 heavy (non-hydrogen) atoms. The molecule has 1 saturated heterocycles. The first-order chi connectivity index (χ1) is 16.4. The van der Waals surface area contributed by atoms with E-state index in [4.69, 9.17) is 4.74 Å². The number of carbonyl (C=O) groups excluding carboxylic acids is 3. The van der Waals surface area contributed by atoms with Crippen LogP contribution < -0.4 is 4.90 Å². The van der Waals surface area contributed by atoms with Crippen molar-refractivity contribution in [3.63, 3.8) is 0 Å². The van der Waals surface area contributed by atoms with E-state index in [1.165, 1.54) is 19.3 Å². The van der Waals surface area contributed by atoms with Crippen molar-refractivity contribution >= 4 is 23.5 Å². The Morgan fingerprint density at radius 3 is 2.35 bits per heavy atom. The molecule has 2 aliphatic heterocycles. The molecule has 4 saturated carbocycles. The molecule has 0 N–H and O–H groups in total. The van der Waals surface area contributed by atoms with Gasteiger partial charge in [0.15, 0.2) is 6.10 Å². The van der Waals surface area contributed by atoms with E-state index in [0.717, 1.165) is 49.8 Å². The van der Waals surface area contributed by atoms with E-state index in [-0.39, 0.29) is 17.2 Å². The molecule has 4 bridgehead atoms. The van der Waals surface area contributed by atoms with Crippen LogP contribution in [0.2, 0.25) is 0 Å². The molecule has 2 unspecified atom stereocenters. The standard InChI is InChI=1S/C28H36N2O4/c1-18(25(31)29-10-4-7-22-6-2-3-8-23(22)29)34-26(32)24-9-5-11-30(24)27(33)28-15-19-12-20(16-28)14-21(13-19)17-28/h2-3,6,8,18-21,24H,4-5,7,9-17H2,1H3. The minimum Gasteiger partial charge on any atom is -0.451 e. The van der Waals surface area contributed by atoms with Crippen LogP contribution in [0.4, 0.5) is 5.69 Å². The maximum Gasteiger partial charge on any atom is 0.329 e. The number of benzene rings is 1. The molecule has 2 atom stereocenters. The molecule has 2 amide bonds. The van der Waals surface area contributed by atoms with Crippen molar-refractivity contribution in [2.24, 2.45) is 23.2 Å². The molecular weight excluding hydrogens is 428 g/mol. The molecule has 1 aromatic carbocycles. The average molecular weight is 465 g/mol. The van der Waals surface area contributed by atoms with Gasteiger partial charge in [0.1, 0.15) is 6.04 Å². The molecule has 0 radical (unpaired) electrons. The lowest BCUT2D eigenvalue weighted by atomic mass is 9.49. The van der Waals surface area contributed by atoms with E-state index in [0.29, 0.717) is 37.3 Å². The summed E-state index contributed by atoms with van der Waals surface area (Å²) in [7, 11) is 0. The summed E-state index contributed by atoms with van der Waals surface area (Å²) in [5.74, 6) is 1.66. The smallest absolute Gasteiger partial charge is 0.329 e. The summed E-state index contributed by atoms with van der Waals surface area (Å²) in [5, 5.41) is 0. The summed E-state index contributed by atoms with van der Waals surface area (Å²) in [4.78, 5) is 43.9. The fourth-order valence-electron chi connectivity index (χ4n) is 8.22. The van der Waals surface area contributed by atoms with Gasteiger partial charge in [-0.05, 0) is 101 Å². The third-order valence-electron chi connectivity index (χ3n) is 9.29. The number of likely N-dealkylation sites (tertiary alicyclic amines) is 1. The van der Waals surface area contributed by atoms with E-state index < -0.39 is 18.1 Å². The van der Waals surface area contributed by atoms with Crippen molar-refractivity contribution < 1.29 is 19.1 Å². The van der Waals surface area contributed by atoms with Gasteiger partial charge in [0, 0.05) is 18.8 Å². The first-order valence-corrected chi connectivity index (χ1v) is 13.3. The Kier molecular flexibility index (Phi) is 5.45. The fourth-order valence-corrected chi connectivity index (χ4v) is 8.22. The van der Waals surface area contributed by atoms with Crippen LogP contribution in [0.25, 0.3) is 0 Å². The van der Waals surface area contributed by atoms with Crippen LogP contribution in [-0.4, -0.2) is 47.9 Å². The number of ether oxygens (including phenoxy) is 1. The molecule has 0 aromatic heterocycles. The normalized spacial score (nSPS) is 34.6. The summed E-state index contributed by atoms with van der Waals surface area (Å²) < 4.78 is 5.74. The molecule has 182 valence electrons. The monoisotopic (exact) mass is 464 g/mol. The highest BCUT2D eigenvalue weighted by atomic mass is 16.5. The maximum atomic E-state index is 13.9. The summed E-state index contributed by atoms with van der Waals surface area (Å²) in [6, 6.07) is 7.39. The first kappa shape index (κ1) is 22.1. The first-order valence-electron chi connectivity index (χ1n) is 13.3. The molecule has 6 heteroatoms. The van der Waals surface area contributed by atoms with E-state index in [2.05, 4.69) is 6.07 Å². The SMILES string of the molecule is CC(OC(=O)C1CCCN1C(=O)C12CC3CC(CC(C3)C1)C2)C(=O)N1CCCc2ccccc21. The number of aryl methyl sites for hydroxylation is 1. The van der Waals surface area contributed by atoms with Gasteiger partial charge in [-0.3, -0.25) is 9.59 Å². The lowest BCUT2D eigenvalue weighted by molar-refractivity contribution is -0.168. The number of carbonyl (C=O) groups is 3. The third-order valence-corrected chi connectivity index (χ3v) is 9.29. The van der Waals surface area contributed by atoms with Crippen molar-refractivity contribution in [3.8, 4) is 0 Å². The lowest BCUT2D eigenvalue weighted by Crippen LogP contribution is -2.56. The van der Waals surface area contributed by atoms with Crippen LogP contribution in [0.1, 0.15) is 70.3 Å². The molecule has 1 aromatic rings. The van der Waals surface area contributed by atoms with E-state index in [1.54, 1.807) is 11.8 Å². The fraction of sp³-hybridized carbons (Fsp3) is 0.679. The molecule has 6 aliphatic rings. The van der Waals surface area contributed by atoms with Gasteiger partial charge < -0.3 is 14.5 Å². The number of nitrogens with zero attached hydrogens (tertiary/aromatic N) is 2. The minimum atomic E-state index is -0.865. The number of rotatable bonds is 4. The number of esters is 1. The van der Waals surface area contributed by atoms with E-state index >= 15 is 0 Å². The number of fused-ring (bicyclic) bond motifs is 1. The average Bonchev–Trinajstić information content (AvgIpc) is 3.32. The van der Waals surface area contributed by atoms with Crippen molar-refractivity contribution in [2.45, 2.75) is 83.3 Å². The number of anilines is 1. The van der Waals surface area contributed by atoms with Crippen molar-refractivity contribution in [1.29, 1.82) is 0 Å². The summed E-state index contributed by atoms with van der Waals surface area (Å²) >= 11 is 0. The Labute approximate surface area is 202 Å². The second kappa shape index (κ2) is 8.39. The van der Waals surface area contributed by atoms with Crippen molar-refractivity contribution in [1.82, 2.24) is 4.90 Å². The number of hydrogen-bond donors (Lipinski definition) is 0. The lowest BCUT2D eigenvalue weighted by Gasteiger charge is -2.56. The van der Waals surface area contributed by atoms with Gasteiger partial charge in [-0.25, -0.2) is 4.79 Å². The molecule has 7 rings (SSSR count). The second-order valence-corrected chi connectivity index (χ2v) is 11.7. The second-order valence-electron chi connectivity index (χ2n) is 11.7. The predicted octanol–water partition coefficient (Wildman–Crippen LogP) is 4.10. The van der Waals surface area contributed by atoms with Crippen LogP contribution in [0.3, 0.4) is 0 Å². The minimum absolute atomic E-state index is 0.183. The van der Waals surface area contributed by atoms with Gasteiger partial charge in [-0.15, -0.1) is 0 Å². The van der Waals surface area contributed by atoms with Crippen LogP contribution in [0, 0.1) is 23.2 Å². The van der Waals surface area contributed by atoms with E-state index in [9.17, 15) is 14.4 Å². The zero-order valence-corrected chi connectivity index (χ0v) is 20.2. The zero-order chi connectivity index (χ0) is 23.4. The van der Waals surface area contributed by atoms with Gasteiger partial charge in [-0.2, -0.15) is 0 Å². The Morgan fingerprint density at radius 2 is 1.65 bits per heavy atom. The molecule has 6 nitrogen and oxygen atoms in total. The quantitative estimate of drug-likeness (QED) is 0.629. The highest BCUT2D eigenvalue weighted by Gasteiger charge is 2.57. The number of para-hydroxylation sites is 1. The molecule has 0 spiro atoms. The van der Waals surface area contributed by atoms with E-state index in [1.807, 2.05) is 23.1 Å². The zero-order valence-electron chi connectivity index (χ0n) is 20.2. The predicted molar refractivity (Wildman–Crippen MR) is 128 cm³/mol. The Hall–Kier alpha value is -2.37. The molecule has 2 heterocycles. The molecule has 4 aliphatic carbocycles. The van der Waals surface area contributed by atoms with Crippen molar-refractivity contribution in [2.75, 3.05) is 18.0 Å². The van der Waals surface area contributed by atoms with Gasteiger partial charge in [0.2, 0.25) is 5.91 Å². The Morgan fingerprint density at radius 1 is 0.971 bits per heavy atom. The third kappa shape index (κ3) is 3.64. The van der Waals surface area contributed by atoms with Gasteiger partial charge in [-0.1, -0.05) is 18.2 Å². The molecular formula is C28H36N2O4. The number of amides is 2. The van der Waals surface area contributed by atoms with Crippen molar-refractivity contribution in [3.05, 3.63) is 29.8 Å². The van der Waals surface area contributed by atoms with Crippen LogP contribution in [0.5, 0.6) is 0 Å².